The highest BCUT2D eigenvalue weighted by Gasteiger charge is 2.39. The van der Waals surface area contributed by atoms with Gasteiger partial charge in [-0.3, -0.25) is 0 Å². The average Bonchev–Trinajstić information content (AvgIpc) is 3.54. The number of benzene rings is 9. The maximum Gasteiger partial charge on any atom is 0.0564 e. The minimum atomic E-state index is -0.240. The number of para-hydroxylation sites is 1. The predicted molar refractivity (Wildman–Crippen MR) is 250 cm³/mol. The minimum absolute atomic E-state index is 0.240. The van der Waals surface area contributed by atoms with E-state index in [9.17, 15) is 0 Å². The molecule has 0 spiro atoms. The second-order valence-corrected chi connectivity index (χ2v) is 15.8. The Balaban J connectivity index is 1.21. The highest BCUT2D eigenvalue weighted by molar-refractivity contribution is 5.98. The van der Waals surface area contributed by atoms with Gasteiger partial charge in [0.2, 0.25) is 0 Å². The fraction of sp³-hybridized carbons (Fsp3) is 0.0526. The first-order valence-corrected chi connectivity index (χ1v) is 20.4. The van der Waals surface area contributed by atoms with E-state index in [-0.39, 0.29) is 5.41 Å². The lowest BCUT2D eigenvalue weighted by atomic mass is 9.82. The van der Waals surface area contributed by atoms with Crippen molar-refractivity contribution in [2.45, 2.75) is 19.3 Å². The lowest BCUT2D eigenvalue weighted by molar-refractivity contribution is 0.660. The molecule has 0 aromatic heterocycles. The third-order valence-corrected chi connectivity index (χ3v) is 11.9. The topological polar surface area (TPSA) is 6.48 Å². The molecule has 282 valence electrons. The van der Waals surface area contributed by atoms with E-state index in [2.05, 4.69) is 254 Å². The van der Waals surface area contributed by atoms with Gasteiger partial charge in [-0.15, -0.1) is 0 Å². The molecular weight excluding hydrogens is 713 g/mol. The van der Waals surface area contributed by atoms with Gasteiger partial charge in [0.1, 0.15) is 0 Å². The van der Waals surface area contributed by atoms with Crippen LogP contribution in [0.1, 0.15) is 25.0 Å². The third kappa shape index (κ3) is 6.69. The molecule has 0 saturated carbocycles. The summed E-state index contributed by atoms with van der Waals surface area (Å²) in [5, 5.41) is 0. The Morgan fingerprint density at radius 2 is 0.644 bits per heavy atom. The molecule has 0 N–H and O–H groups in total. The molecule has 1 aliphatic rings. The molecule has 9 aromatic rings. The van der Waals surface area contributed by atoms with Crippen LogP contribution in [0.15, 0.2) is 231 Å². The van der Waals surface area contributed by atoms with E-state index in [1.54, 1.807) is 0 Å². The van der Waals surface area contributed by atoms with Gasteiger partial charge in [-0.1, -0.05) is 184 Å². The van der Waals surface area contributed by atoms with Crippen molar-refractivity contribution in [2.24, 2.45) is 0 Å². The molecule has 2 nitrogen and oxygen atoms in total. The number of nitrogens with zero attached hydrogens (tertiary/aromatic N) is 2. The van der Waals surface area contributed by atoms with E-state index in [1.165, 1.54) is 55.6 Å². The summed E-state index contributed by atoms with van der Waals surface area (Å²) in [6, 6.07) is 83.5. The van der Waals surface area contributed by atoms with E-state index in [1.807, 2.05) is 0 Å². The van der Waals surface area contributed by atoms with Crippen LogP contribution in [0, 0.1) is 0 Å². The van der Waals surface area contributed by atoms with Crippen LogP contribution in [0.5, 0.6) is 0 Å². The van der Waals surface area contributed by atoms with Crippen molar-refractivity contribution >= 4 is 34.1 Å². The molecule has 1 aliphatic carbocycles. The van der Waals surface area contributed by atoms with E-state index in [4.69, 9.17) is 0 Å². The van der Waals surface area contributed by atoms with Crippen molar-refractivity contribution < 1.29 is 0 Å². The zero-order valence-corrected chi connectivity index (χ0v) is 33.3. The van der Waals surface area contributed by atoms with Crippen molar-refractivity contribution in [3.8, 4) is 44.5 Å². The number of hydrogen-bond acceptors (Lipinski definition) is 2. The first-order valence-electron chi connectivity index (χ1n) is 20.4. The van der Waals surface area contributed by atoms with Gasteiger partial charge in [0.25, 0.3) is 0 Å². The molecule has 0 saturated heterocycles. The molecule has 59 heavy (non-hydrogen) atoms. The summed E-state index contributed by atoms with van der Waals surface area (Å²) in [4.78, 5) is 4.87. The molecule has 0 atom stereocenters. The summed E-state index contributed by atoms with van der Waals surface area (Å²) < 4.78 is 0. The summed E-state index contributed by atoms with van der Waals surface area (Å²) in [6.45, 7) is 4.75. The maximum absolute atomic E-state index is 2.46. The highest BCUT2D eigenvalue weighted by Crippen LogP contribution is 2.56. The maximum atomic E-state index is 2.46. The van der Waals surface area contributed by atoms with Crippen LogP contribution in [0.3, 0.4) is 0 Å². The van der Waals surface area contributed by atoms with Crippen LogP contribution in [0.4, 0.5) is 34.1 Å². The van der Waals surface area contributed by atoms with E-state index in [0.717, 1.165) is 34.1 Å². The van der Waals surface area contributed by atoms with Crippen molar-refractivity contribution in [1.82, 2.24) is 0 Å². The van der Waals surface area contributed by atoms with Crippen LogP contribution < -0.4 is 9.80 Å². The Hall–Kier alpha value is -7.42. The van der Waals surface area contributed by atoms with Gasteiger partial charge in [-0.25, -0.2) is 0 Å². The van der Waals surface area contributed by atoms with E-state index in [0.29, 0.717) is 0 Å². The van der Waals surface area contributed by atoms with E-state index >= 15 is 0 Å². The molecule has 0 aliphatic heterocycles. The first kappa shape index (κ1) is 36.0. The van der Waals surface area contributed by atoms with Crippen molar-refractivity contribution in [1.29, 1.82) is 0 Å². The van der Waals surface area contributed by atoms with Gasteiger partial charge in [-0.05, 0) is 111 Å². The Kier molecular flexibility index (Phi) is 9.24. The summed E-state index contributed by atoms with van der Waals surface area (Å²) in [5.74, 6) is 0. The first-order chi connectivity index (χ1) is 29.0. The van der Waals surface area contributed by atoms with Gasteiger partial charge in [0, 0.05) is 39.4 Å². The fourth-order valence-corrected chi connectivity index (χ4v) is 8.84. The average molecular weight is 757 g/mol. The van der Waals surface area contributed by atoms with Crippen molar-refractivity contribution in [3.05, 3.63) is 242 Å². The number of fused-ring (bicyclic) bond motifs is 3. The second kappa shape index (κ2) is 15.2. The number of anilines is 6. The quantitative estimate of drug-likeness (QED) is 0.145. The second-order valence-electron chi connectivity index (χ2n) is 15.8. The highest BCUT2D eigenvalue weighted by atomic mass is 15.2. The molecule has 0 amide bonds. The Labute approximate surface area is 347 Å². The largest absolute Gasteiger partial charge is 0.310 e. The van der Waals surface area contributed by atoms with Gasteiger partial charge in [0.15, 0.2) is 0 Å². The van der Waals surface area contributed by atoms with E-state index < -0.39 is 0 Å². The Morgan fingerprint density at radius 1 is 0.288 bits per heavy atom. The number of hydrogen-bond donors (Lipinski definition) is 0. The predicted octanol–water partition coefficient (Wildman–Crippen LogP) is 15.9. The van der Waals surface area contributed by atoms with Crippen LogP contribution in [-0.4, -0.2) is 0 Å². The smallest absolute Gasteiger partial charge is 0.0564 e. The Bertz CT molecular complexity index is 2760. The van der Waals surface area contributed by atoms with Crippen LogP contribution >= 0.6 is 0 Å². The molecular formula is C57H44N2. The molecule has 0 bridgehead atoms. The SMILES string of the molecule is CC1(C)c2ccccc2-c2c(N(c3ccc(-c4ccccc4)cc3)c3ccc(-c4ccccc4)cc3)cc(N(c3ccccc3)c3ccc(-c4ccccc4)cc3)cc21. The lowest BCUT2D eigenvalue weighted by Gasteiger charge is -2.33. The van der Waals surface area contributed by atoms with Crippen LogP contribution in [-0.2, 0) is 5.41 Å². The van der Waals surface area contributed by atoms with Crippen LogP contribution in [0.25, 0.3) is 44.5 Å². The fourth-order valence-electron chi connectivity index (χ4n) is 8.84. The zero-order valence-electron chi connectivity index (χ0n) is 33.3. The van der Waals surface area contributed by atoms with Crippen molar-refractivity contribution in [2.75, 3.05) is 9.80 Å². The lowest BCUT2D eigenvalue weighted by Crippen LogP contribution is -2.18. The summed E-state index contributed by atoms with van der Waals surface area (Å²) in [6.07, 6.45) is 0. The molecule has 9 aromatic carbocycles. The summed E-state index contributed by atoms with van der Waals surface area (Å²) in [7, 11) is 0. The molecule has 0 unspecified atom stereocenters. The molecule has 10 rings (SSSR count). The summed E-state index contributed by atoms with van der Waals surface area (Å²) in [5.41, 5.74) is 18.8. The van der Waals surface area contributed by atoms with Gasteiger partial charge < -0.3 is 9.80 Å². The van der Waals surface area contributed by atoms with Gasteiger partial charge >= 0.3 is 0 Å². The van der Waals surface area contributed by atoms with Gasteiger partial charge in [0.05, 0.1) is 5.69 Å². The monoisotopic (exact) mass is 756 g/mol. The molecule has 0 heterocycles. The molecule has 2 heteroatoms. The van der Waals surface area contributed by atoms with Crippen molar-refractivity contribution in [3.63, 3.8) is 0 Å². The Morgan fingerprint density at radius 3 is 1.10 bits per heavy atom. The summed E-state index contributed by atoms with van der Waals surface area (Å²) >= 11 is 0. The van der Waals surface area contributed by atoms with Crippen LogP contribution in [0.2, 0.25) is 0 Å². The molecule has 0 fully saturated rings. The van der Waals surface area contributed by atoms with Gasteiger partial charge in [-0.2, -0.15) is 0 Å². The number of rotatable bonds is 9. The normalized spacial score (nSPS) is 12.4. The minimum Gasteiger partial charge on any atom is -0.310 e. The standard InChI is InChI=1S/C57H44N2/c1-57(2)53-26-16-15-25-52(53)56-54(57)39-51(58(47-23-13-6-14-24-47)48-33-27-44(28-34-48)41-17-7-3-8-18-41)40-55(56)59(49-35-29-45(30-36-49)42-19-9-4-10-20-42)50-37-31-46(32-38-50)43-21-11-5-12-22-43/h3-40H,1-2H3. The zero-order chi connectivity index (χ0) is 39.8. The molecule has 0 radical (unpaired) electrons. The third-order valence-electron chi connectivity index (χ3n) is 11.9.